The van der Waals surface area contributed by atoms with Crippen LogP contribution >= 0.6 is 15.9 Å². The van der Waals surface area contributed by atoms with Crippen molar-refractivity contribution < 1.29 is 23.8 Å². The van der Waals surface area contributed by atoms with Gasteiger partial charge in [0.25, 0.3) is 0 Å². The van der Waals surface area contributed by atoms with Gasteiger partial charge in [-0.05, 0) is 65.2 Å². The number of rotatable bonds is 9. The highest BCUT2D eigenvalue weighted by Gasteiger charge is 2.30. The molecule has 1 unspecified atom stereocenters. The molecule has 1 N–H and O–H groups in total. The highest BCUT2D eigenvalue weighted by atomic mass is 79.9. The van der Waals surface area contributed by atoms with E-state index in [1.165, 1.54) is 6.33 Å². The van der Waals surface area contributed by atoms with Gasteiger partial charge >= 0.3 is 5.97 Å². The van der Waals surface area contributed by atoms with Crippen LogP contribution in [-0.2, 0) is 4.79 Å². The van der Waals surface area contributed by atoms with Crippen LogP contribution in [0.3, 0.4) is 0 Å². The van der Waals surface area contributed by atoms with E-state index in [1.807, 2.05) is 52.0 Å². The molecule has 7 nitrogen and oxygen atoms in total. The summed E-state index contributed by atoms with van der Waals surface area (Å²) in [4.78, 5) is 20.2. The molecule has 0 aliphatic rings. The van der Waals surface area contributed by atoms with Crippen molar-refractivity contribution in [3.8, 4) is 22.8 Å². The molecule has 0 radical (unpaired) electrons. The second-order valence-corrected chi connectivity index (χ2v) is 9.67. The average molecular weight is 505 g/mol. The summed E-state index contributed by atoms with van der Waals surface area (Å²) >= 11 is 3.50. The number of aromatic nitrogens is 2. The maximum atomic E-state index is 11.6. The molecule has 2 heterocycles. The standard InChI is InChI=1S/C24H29BrN2O5/c1-14(7-6-8-17(23(28)29)24(2,3)4)31-21-19-18(15-9-11-16(30-5)12-10-15)20(25)32-22(19)27-13-26-21/h9-14,17H,6-8H2,1-5H3,(H,28,29)/t14-,17?/m1/s1. The van der Waals surface area contributed by atoms with Crippen LogP contribution in [0.4, 0.5) is 0 Å². The minimum Gasteiger partial charge on any atom is -0.497 e. The number of aliphatic carboxylic acids is 1. The van der Waals surface area contributed by atoms with Crippen LogP contribution in [-0.4, -0.2) is 34.3 Å². The smallest absolute Gasteiger partial charge is 0.307 e. The Balaban J connectivity index is 1.79. The van der Waals surface area contributed by atoms with Gasteiger partial charge in [0.2, 0.25) is 11.6 Å². The fourth-order valence-electron chi connectivity index (χ4n) is 3.77. The van der Waals surface area contributed by atoms with E-state index >= 15 is 0 Å². The molecule has 2 atom stereocenters. The SMILES string of the molecule is COc1ccc(-c2c(Br)oc3ncnc(O[C@H](C)CCCC(C(=O)O)C(C)(C)C)c23)cc1. The van der Waals surface area contributed by atoms with Gasteiger partial charge in [-0.2, -0.15) is 0 Å². The summed E-state index contributed by atoms with van der Waals surface area (Å²) in [7, 11) is 1.62. The first kappa shape index (κ1) is 24.0. The van der Waals surface area contributed by atoms with Crippen LogP contribution < -0.4 is 9.47 Å². The van der Waals surface area contributed by atoms with Crippen LogP contribution in [0.5, 0.6) is 11.6 Å². The molecular formula is C24H29BrN2O5. The molecule has 0 saturated carbocycles. The fourth-order valence-corrected chi connectivity index (χ4v) is 4.35. The van der Waals surface area contributed by atoms with Crippen molar-refractivity contribution in [1.82, 2.24) is 9.97 Å². The van der Waals surface area contributed by atoms with Crippen LogP contribution in [0.2, 0.25) is 0 Å². The molecule has 8 heteroatoms. The highest BCUT2D eigenvalue weighted by molar-refractivity contribution is 9.10. The topological polar surface area (TPSA) is 94.7 Å². The number of nitrogens with zero attached hydrogens (tertiary/aromatic N) is 2. The van der Waals surface area contributed by atoms with Gasteiger partial charge in [0.05, 0.1) is 19.1 Å². The third-order valence-corrected chi connectivity index (χ3v) is 6.11. The van der Waals surface area contributed by atoms with E-state index < -0.39 is 11.9 Å². The second-order valence-electron chi connectivity index (χ2n) is 8.95. The Kier molecular flexibility index (Phi) is 7.44. The van der Waals surface area contributed by atoms with E-state index in [0.717, 1.165) is 23.3 Å². The molecule has 0 bridgehead atoms. The molecule has 0 fully saturated rings. The van der Waals surface area contributed by atoms with Gasteiger partial charge in [-0.1, -0.05) is 32.9 Å². The monoisotopic (exact) mass is 504 g/mol. The minimum absolute atomic E-state index is 0.153. The van der Waals surface area contributed by atoms with E-state index in [0.29, 0.717) is 34.5 Å². The van der Waals surface area contributed by atoms with Crippen LogP contribution in [0.15, 0.2) is 39.7 Å². The van der Waals surface area contributed by atoms with Crippen LogP contribution in [0.25, 0.3) is 22.2 Å². The van der Waals surface area contributed by atoms with Gasteiger partial charge in [0, 0.05) is 5.56 Å². The number of hydrogen-bond donors (Lipinski definition) is 1. The Bertz CT molecular complexity index is 1070. The normalized spacial score (nSPS) is 13.7. The Morgan fingerprint density at radius 1 is 1.19 bits per heavy atom. The first-order valence-corrected chi connectivity index (χ1v) is 11.4. The number of carbonyl (C=O) groups is 1. The molecule has 0 saturated heterocycles. The summed E-state index contributed by atoms with van der Waals surface area (Å²) in [5, 5.41) is 10.2. The largest absolute Gasteiger partial charge is 0.497 e. The number of benzene rings is 1. The third kappa shape index (κ3) is 5.41. The summed E-state index contributed by atoms with van der Waals surface area (Å²) in [6.07, 6.45) is 3.31. The Labute approximate surface area is 196 Å². The van der Waals surface area contributed by atoms with E-state index in [9.17, 15) is 9.90 Å². The lowest BCUT2D eigenvalue weighted by Crippen LogP contribution is -2.28. The number of fused-ring (bicyclic) bond motifs is 1. The zero-order valence-corrected chi connectivity index (χ0v) is 20.6. The maximum Gasteiger partial charge on any atom is 0.307 e. The van der Waals surface area contributed by atoms with E-state index in [4.69, 9.17) is 13.9 Å². The molecule has 3 rings (SSSR count). The Morgan fingerprint density at radius 2 is 1.88 bits per heavy atom. The molecule has 32 heavy (non-hydrogen) atoms. The minimum atomic E-state index is -0.754. The summed E-state index contributed by atoms with van der Waals surface area (Å²) in [6.45, 7) is 7.84. The van der Waals surface area contributed by atoms with Gasteiger partial charge in [0.1, 0.15) is 17.5 Å². The number of halogens is 1. The first-order valence-electron chi connectivity index (χ1n) is 10.6. The zero-order chi connectivity index (χ0) is 23.5. The average Bonchev–Trinajstić information content (AvgIpc) is 3.07. The Hall–Kier alpha value is -2.61. The molecule has 0 amide bonds. The number of carboxylic acid groups (broad SMARTS) is 1. The molecule has 0 spiro atoms. The predicted octanol–water partition coefficient (Wildman–Crippen LogP) is 6.35. The maximum absolute atomic E-state index is 11.6. The lowest BCUT2D eigenvalue weighted by atomic mass is 9.78. The first-order chi connectivity index (χ1) is 15.1. The van der Waals surface area contributed by atoms with Gasteiger partial charge in [-0.15, -0.1) is 0 Å². The summed E-state index contributed by atoms with van der Waals surface area (Å²) < 4.78 is 17.8. The second kappa shape index (κ2) is 9.90. The summed E-state index contributed by atoms with van der Waals surface area (Å²) in [6, 6.07) is 7.63. The molecule has 3 aromatic rings. The summed E-state index contributed by atoms with van der Waals surface area (Å²) in [5.74, 6) is 0.0465. The predicted molar refractivity (Wildman–Crippen MR) is 126 cm³/mol. The van der Waals surface area contributed by atoms with Gasteiger partial charge < -0.3 is 19.0 Å². The van der Waals surface area contributed by atoms with Crippen molar-refractivity contribution in [3.63, 3.8) is 0 Å². The fraction of sp³-hybridized carbons (Fsp3) is 0.458. The van der Waals surface area contributed by atoms with Gasteiger partial charge in [-0.3, -0.25) is 4.79 Å². The van der Waals surface area contributed by atoms with Crippen molar-refractivity contribution >= 4 is 33.0 Å². The van der Waals surface area contributed by atoms with Gasteiger partial charge in [0.15, 0.2) is 4.67 Å². The molecule has 0 aliphatic carbocycles. The highest BCUT2D eigenvalue weighted by Crippen LogP contribution is 2.41. The van der Waals surface area contributed by atoms with Crippen molar-refractivity contribution in [1.29, 1.82) is 0 Å². The quantitative estimate of drug-likeness (QED) is 0.362. The number of furan rings is 1. The lowest BCUT2D eigenvalue weighted by molar-refractivity contribution is -0.145. The summed E-state index contributed by atoms with van der Waals surface area (Å²) in [5.41, 5.74) is 1.87. The van der Waals surface area contributed by atoms with Crippen LogP contribution in [0.1, 0.15) is 47.0 Å². The number of hydrogen-bond acceptors (Lipinski definition) is 6. The number of methoxy groups -OCH3 is 1. The van der Waals surface area contributed by atoms with Crippen LogP contribution in [0, 0.1) is 11.3 Å². The molecule has 0 aliphatic heterocycles. The molecule has 1 aromatic carbocycles. The van der Waals surface area contributed by atoms with E-state index in [2.05, 4.69) is 25.9 Å². The third-order valence-electron chi connectivity index (χ3n) is 5.55. The lowest BCUT2D eigenvalue weighted by Gasteiger charge is -2.27. The van der Waals surface area contributed by atoms with Crippen molar-refractivity contribution in [3.05, 3.63) is 35.3 Å². The zero-order valence-electron chi connectivity index (χ0n) is 19.0. The van der Waals surface area contributed by atoms with E-state index in [-0.39, 0.29) is 11.5 Å². The van der Waals surface area contributed by atoms with Gasteiger partial charge in [-0.25, -0.2) is 9.97 Å². The van der Waals surface area contributed by atoms with Crippen molar-refractivity contribution in [2.24, 2.45) is 11.3 Å². The van der Waals surface area contributed by atoms with E-state index in [1.54, 1.807) is 7.11 Å². The molecule has 2 aromatic heterocycles. The number of ether oxygens (including phenoxy) is 2. The number of carboxylic acids is 1. The van der Waals surface area contributed by atoms with Crippen molar-refractivity contribution in [2.75, 3.05) is 7.11 Å². The van der Waals surface area contributed by atoms with Crippen molar-refractivity contribution in [2.45, 2.75) is 53.1 Å². The molecular weight excluding hydrogens is 476 g/mol. The Morgan fingerprint density at radius 3 is 2.47 bits per heavy atom. The molecule has 172 valence electrons.